The molecule has 1 saturated heterocycles. The monoisotopic (exact) mass is 418 g/mol. The molecule has 0 aromatic heterocycles. The molecule has 0 atom stereocenters. The lowest BCUT2D eigenvalue weighted by atomic mass is 9.85. The lowest BCUT2D eigenvalue weighted by molar-refractivity contribution is 0.239. The van der Waals surface area contributed by atoms with Crippen LogP contribution in [0, 0.1) is 6.92 Å². The molecule has 160 valence electrons. The molecular weight excluding hydrogens is 384 g/mol. The van der Waals surface area contributed by atoms with E-state index < -0.39 is 10.0 Å². The second-order valence-electron chi connectivity index (χ2n) is 8.74. The molecule has 0 amide bonds. The minimum Gasteiger partial charge on any atom is -0.370 e. The predicted molar refractivity (Wildman–Crippen MR) is 117 cm³/mol. The third-order valence-corrected chi connectivity index (χ3v) is 8.84. The van der Waals surface area contributed by atoms with E-state index in [2.05, 4.69) is 10.6 Å². The van der Waals surface area contributed by atoms with Crippen molar-refractivity contribution in [3.63, 3.8) is 0 Å². The molecule has 4 rings (SSSR count). The van der Waals surface area contributed by atoms with Gasteiger partial charge in [0.2, 0.25) is 10.0 Å². The number of sulfonamides is 1. The molecule has 0 bridgehead atoms. The lowest BCUT2D eigenvalue weighted by Gasteiger charge is -2.45. The number of hydrogen-bond acceptors (Lipinski definition) is 5. The molecule has 1 spiro atoms. The minimum atomic E-state index is -3.45. The van der Waals surface area contributed by atoms with Gasteiger partial charge in [-0.2, -0.15) is 4.31 Å². The standard InChI is InChI=1S/C22H34N4O2S/c1-18-8-6-7-11-20(18)29(27,28)26-16-12-22(13-17-26)21(23-14-15-24-22)25-19-9-4-2-3-5-10-19/h6-8,11,19,24H,2-5,9-10,12-17H2,1H3,(H,23,25). The first-order valence-electron chi connectivity index (χ1n) is 11.1. The van der Waals surface area contributed by atoms with Crippen molar-refractivity contribution >= 4 is 15.9 Å². The number of aliphatic imine (C=N–C) groups is 1. The Hall–Kier alpha value is -1.44. The van der Waals surface area contributed by atoms with E-state index in [-0.39, 0.29) is 5.54 Å². The van der Waals surface area contributed by atoms with Crippen molar-refractivity contribution in [3.05, 3.63) is 29.8 Å². The average molecular weight is 419 g/mol. The van der Waals surface area contributed by atoms with Crippen molar-refractivity contribution in [2.75, 3.05) is 26.2 Å². The van der Waals surface area contributed by atoms with Gasteiger partial charge in [-0.1, -0.05) is 43.9 Å². The summed E-state index contributed by atoms with van der Waals surface area (Å²) in [7, 11) is -3.45. The maximum atomic E-state index is 13.2. The quantitative estimate of drug-likeness (QED) is 0.741. The Morgan fingerprint density at radius 3 is 2.48 bits per heavy atom. The first kappa shape index (κ1) is 20.8. The molecule has 2 fully saturated rings. The summed E-state index contributed by atoms with van der Waals surface area (Å²) in [6.45, 7) is 4.56. The van der Waals surface area contributed by atoms with E-state index in [1.807, 2.05) is 19.1 Å². The number of nitrogens with one attached hydrogen (secondary N) is 2. The van der Waals surface area contributed by atoms with Crippen molar-refractivity contribution in [3.8, 4) is 0 Å². The molecule has 1 aliphatic carbocycles. The van der Waals surface area contributed by atoms with E-state index in [0.717, 1.165) is 37.3 Å². The zero-order valence-corrected chi connectivity index (χ0v) is 18.3. The molecule has 2 aliphatic heterocycles. The van der Waals surface area contributed by atoms with Gasteiger partial charge in [-0.15, -0.1) is 0 Å². The van der Waals surface area contributed by atoms with Crippen LogP contribution >= 0.6 is 0 Å². The van der Waals surface area contributed by atoms with Crippen LogP contribution in [0.1, 0.15) is 56.9 Å². The largest absolute Gasteiger partial charge is 0.370 e. The molecule has 0 unspecified atom stereocenters. The molecule has 2 N–H and O–H groups in total. The molecule has 1 saturated carbocycles. The summed E-state index contributed by atoms with van der Waals surface area (Å²) in [4.78, 5) is 5.29. The number of hydrogen-bond donors (Lipinski definition) is 2. The van der Waals surface area contributed by atoms with Crippen LogP contribution in [-0.2, 0) is 10.0 Å². The maximum absolute atomic E-state index is 13.2. The van der Waals surface area contributed by atoms with E-state index in [0.29, 0.717) is 24.0 Å². The molecule has 1 aromatic carbocycles. The van der Waals surface area contributed by atoms with Crippen LogP contribution < -0.4 is 10.6 Å². The molecule has 6 nitrogen and oxygen atoms in total. The van der Waals surface area contributed by atoms with Crippen molar-refractivity contribution in [1.29, 1.82) is 0 Å². The fraction of sp³-hybridized carbons (Fsp3) is 0.682. The minimum absolute atomic E-state index is 0.206. The van der Waals surface area contributed by atoms with Crippen LogP contribution in [-0.4, -0.2) is 56.3 Å². The first-order chi connectivity index (χ1) is 14.0. The first-order valence-corrected chi connectivity index (χ1v) is 12.6. The smallest absolute Gasteiger partial charge is 0.243 e. The fourth-order valence-corrected chi connectivity index (χ4v) is 6.67. The van der Waals surface area contributed by atoms with E-state index in [1.165, 1.54) is 38.5 Å². The van der Waals surface area contributed by atoms with Crippen molar-refractivity contribution in [2.24, 2.45) is 4.99 Å². The van der Waals surface area contributed by atoms with Crippen LogP contribution in [0.4, 0.5) is 0 Å². The van der Waals surface area contributed by atoms with Gasteiger partial charge in [-0.05, 0) is 44.2 Å². The van der Waals surface area contributed by atoms with Gasteiger partial charge in [0, 0.05) is 25.7 Å². The SMILES string of the molecule is Cc1ccccc1S(=O)(=O)N1CCC2(CC1)NCCN=C2NC1CCCCCC1. The van der Waals surface area contributed by atoms with Gasteiger partial charge in [-0.3, -0.25) is 4.99 Å². The van der Waals surface area contributed by atoms with Crippen LogP contribution in [0.3, 0.4) is 0 Å². The third kappa shape index (κ3) is 4.37. The number of benzene rings is 1. The number of amidine groups is 1. The van der Waals surface area contributed by atoms with Crippen LogP contribution in [0.2, 0.25) is 0 Å². The Bertz CT molecular complexity index is 836. The van der Waals surface area contributed by atoms with Crippen molar-refractivity contribution in [1.82, 2.24) is 14.9 Å². The van der Waals surface area contributed by atoms with E-state index >= 15 is 0 Å². The average Bonchev–Trinajstić information content (AvgIpc) is 2.99. The van der Waals surface area contributed by atoms with E-state index in [4.69, 9.17) is 4.99 Å². The number of aryl methyl sites for hydroxylation is 1. The summed E-state index contributed by atoms with van der Waals surface area (Å²) < 4.78 is 28.0. The molecule has 3 aliphatic rings. The normalized spacial score (nSPS) is 24.1. The third-order valence-electron chi connectivity index (χ3n) is 6.78. The van der Waals surface area contributed by atoms with Gasteiger partial charge in [-0.25, -0.2) is 8.42 Å². The number of piperidine rings is 1. The second-order valence-corrected chi connectivity index (χ2v) is 10.6. The number of nitrogens with zero attached hydrogens (tertiary/aromatic N) is 2. The highest BCUT2D eigenvalue weighted by Gasteiger charge is 2.43. The summed E-state index contributed by atoms with van der Waals surface area (Å²) in [6.07, 6.45) is 9.18. The highest BCUT2D eigenvalue weighted by Crippen LogP contribution is 2.30. The predicted octanol–water partition coefficient (Wildman–Crippen LogP) is 2.83. The van der Waals surface area contributed by atoms with Gasteiger partial charge in [0.15, 0.2) is 0 Å². The highest BCUT2D eigenvalue weighted by molar-refractivity contribution is 7.89. The summed E-state index contributed by atoms with van der Waals surface area (Å²) in [5.41, 5.74) is 0.600. The summed E-state index contributed by atoms with van der Waals surface area (Å²) in [5.74, 6) is 1.07. The van der Waals surface area contributed by atoms with Gasteiger partial charge in [0.05, 0.1) is 17.0 Å². The summed E-state index contributed by atoms with van der Waals surface area (Å²) in [5, 5.41) is 7.47. The molecule has 0 radical (unpaired) electrons. The fourth-order valence-electron chi connectivity index (χ4n) is 5.01. The summed E-state index contributed by atoms with van der Waals surface area (Å²) >= 11 is 0. The topological polar surface area (TPSA) is 73.8 Å². The zero-order chi connectivity index (χ0) is 20.3. The van der Waals surface area contributed by atoms with Gasteiger partial charge in [0.25, 0.3) is 0 Å². The van der Waals surface area contributed by atoms with Gasteiger partial charge in [0.1, 0.15) is 5.84 Å². The second kappa shape index (κ2) is 8.74. The Balaban J connectivity index is 1.47. The van der Waals surface area contributed by atoms with Crippen LogP contribution in [0.5, 0.6) is 0 Å². The highest BCUT2D eigenvalue weighted by atomic mass is 32.2. The van der Waals surface area contributed by atoms with E-state index in [9.17, 15) is 8.42 Å². The zero-order valence-electron chi connectivity index (χ0n) is 17.5. The van der Waals surface area contributed by atoms with Crippen molar-refractivity contribution < 1.29 is 8.42 Å². The van der Waals surface area contributed by atoms with Crippen LogP contribution in [0.15, 0.2) is 34.2 Å². The molecule has 29 heavy (non-hydrogen) atoms. The lowest BCUT2D eigenvalue weighted by Crippen LogP contribution is -2.65. The van der Waals surface area contributed by atoms with Crippen LogP contribution in [0.25, 0.3) is 0 Å². The molecule has 7 heteroatoms. The Kier molecular flexibility index (Phi) is 6.27. The van der Waals surface area contributed by atoms with Crippen molar-refractivity contribution in [2.45, 2.75) is 74.8 Å². The van der Waals surface area contributed by atoms with E-state index in [1.54, 1.807) is 16.4 Å². The Morgan fingerprint density at radius 2 is 1.79 bits per heavy atom. The summed E-state index contributed by atoms with van der Waals surface area (Å²) in [6, 6.07) is 7.77. The van der Waals surface area contributed by atoms with Gasteiger partial charge < -0.3 is 10.6 Å². The molecular formula is C22H34N4O2S. The molecule has 2 heterocycles. The number of rotatable bonds is 3. The molecule has 1 aromatic rings. The Labute approximate surface area is 175 Å². The Morgan fingerprint density at radius 1 is 1.10 bits per heavy atom. The maximum Gasteiger partial charge on any atom is 0.243 e. The van der Waals surface area contributed by atoms with Gasteiger partial charge >= 0.3 is 0 Å².